The van der Waals surface area contributed by atoms with Crippen LogP contribution in [0, 0.1) is 5.92 Å². The summed E-state index contributed by atoms with van der Waals surface area (Å²) in [6, 6.07) is 2.37. The lowest BCUT2D eigenvalue weighted by Crippen LogP contribution is -2.29. The van der Waals surface area contributed by atoms with Gasteiger partial charge in [0.1, 0.15) is 0 Å². The van der Waals surface area contributed by atoms with E-state index in [0.717, 1.165) is 5.92 Å². The standard InChI is InChI=1S/C21H35N3/c1-3-9-19(10-4-1)16-22-12-6-5-11-20-15-21(18-23-17-20)24-13-7-2-8-14-24/h15,17-19,22H,1-14,16H2. The Bertz CT molecular complexity index is 462. The van der Waals surface area contributed by atoms with Crippen LogP contribution in [0.5, 0.6) is 0 Å². The second kappa shape index (κ2) is 10.0. The van der Waals surface area contributed by atoms with Gasteiger partial charge in [-0.25, -0.2) is 0 Å². The number of nitrogens with one attached hydrogen (secondary N) is 1. The van der Waals surface area contributed by atoms with Gasteiger partial charge in [-0.1, -0.05) is 19.3 Å². The molecule has 3 nitrogen and oxygen atoms in total. The minimum atomic E-state index is 0.948. The molecule has 1 aromatic rings. The third-order valence-electron chi connectivity index (χ3n) is 5.73. The highest BCUT2D eigenvalue weighted by Crippen LogP contribution is 2.23. The molecule has 0 amide bonds. The molecule has 1 saturated heterocycles. The summed E-state index contributed by atoms with van der Waals surface area (Å²) < 4.78 is 0. The molecule has 1 saturated carbocycles. The second-order valence-corrected chi connectivity index (χ2v) is 7.76. The fraction of sp³-hybridized carbons (Fsp3) is 0.762. The van der Waals surface area contributed by atoms with E-state index in [1.165, 1.54) is 108 Å². The molecular weight excluding hydrogens is 294 g/mol. The Morgan fingerprint density at radius 3 is 2.58 bits per heavy atom. The Morgan fingerprint density at radius 2 is 1.75 bits per heavy atom. The van der Waals surface area contributed by atoms with E-state index in [0.29, 0.717) is 0 Å². The fourth-order valence-electron chi connectivity index (χ4n) is 4.21. The molecule has 24 heavy (non-hydrogen) atoms. The number of rotatable bonds is 8. The van der Waals surface area contributed by atoms with Crippen molar-refractivity contribution in [2.24, 2.45) is 5.92 Å². The van der Waals surface area contributed by atoms with Crippen LogP contribution in [0.15, 0.2) is 18.5 Å². The summed E-state index contributed by atoms with van der Waals surface area (Å²) >= 11 is 0. The van der Waals surface area contributed by atoms with Crippen LogP contribution in [0.2, 0.25) is 0 Å². The van der Waals surface area contributed by atoms with E-state index in [2.05, 4.69) is 27.5 Å². The Morgan fingerprint density at radius 1 is 0.958 bits per heavy atom. The maximum Gasteiger partial charge on any atom is 0.0555 e. The van der Waals surface area contributed by atoms with Crippen LogP contribution in [0.3, 0.4) is 0 Å². The minimum Gasteiger partial charge on any atom is -0.370 e. The van der Waals surface area contributed by atoms with Crippen LogP contribution in [-0.4, -0.2) is 31.2 Å². The molecule has 0 unspecified atom stereocenters. The Hall–Kier alpha value is -1.09. The van der Waals surface area contributed by atoms with Crippen molar-refractivity contribution in [1.29, 1.82) is 0 Å². The lowest BCUT2D eigenvalue weighted by molar-refractivity contribution is 0.342. The quantitative estimate of drug-likeness (QED) is 0.708. The SMILES string of the molecule is c1ncc(N2CCCCC2)cc1CCCCNCC1CCCCC1. The first-order valence-electron chi connectivity index (χ1n) is 10.3. The van der Waals surface area contributed by atoms with E-state index in [-0.39, 0.29) is 0 Å². The molecule has 2 heterocycles. The van der Waals surface area contributed by atoms with Crippen LogP contribution in [0.25, 0.3) is 0 Å². The first-order valence-corrected chi connectivity index (χ1v) is 10.3. The topological polar surface area (TPSA) is 28.2 Å². The van der Waals surface area contributed by atoms with Gasteiger partial charge < -0.3 is 10.2 Å². The zero-order chi connectivity index (χ0) is 16.5. The van der Waals surface area contributed by atoms with Crippen LogP contribution in [-0.2, 0) is 6.42 Å². The van der Waals surface area contributed by atoms with Gasteiger partial charge in [-0.3, -0.25) is 4.98 Å². The van der Waals surface area contributed by atoms with Gasteiger partial charge in [0.2, 0.25) is 0 Å². The Labute approximate surface area is 148 Å². The number of nitrogens with zero attached hydrogens (tertiary/aromatic N) is 2. The van der Waals surface area contributed by atoms with Gasteiger partial charge in [0.05, 0.1) is 11.9 Å². The summed E-state index contributed by atoms with van der Waals surface area (Å²) in [5.41, 5.74) is 2.74. The Balaban J connectivity index is 1.31. The smallest absolute Gasteiger partial charge is 0.0555 e. The third-order valence-corrected chi connectivity index (χ3v) is 5.73. The van der Waals surface area contributed by atoms with Gasteiger partial charge in [0.15, 0.2) is 0 Å². The zero-order valence-corrected chi connectivity index (χ0v) is 15.3. The normalized spacial score (nSPS) is 19.6. The number of aromatic nitrogens is 1. The van der Waals surface area contributed by atoms with Gasteiger partial charge in [0.25, 0.3) is 0 Å². The number of piperidine rings is 1. The van der Waals surface area contributed by atoms with Crippen molar-refractivity contribution in [3.05, 3.63) is 24.0 Å². The van der Waals surface area contributed by atoms with E-state index < -0.39 is 0 Å². The number of hydrogen-bond acceptors (Lipinski definition) is 3. The molecule has 0 aromatic carbocycles. The lowest BCUT2D eigenvalue weighted by Gasteiger charge is -2.28. The Kier molecular flexibility index (Phi) is 7.40. The van der Waals surface area contributed by atoms with Crippen molar-refractivity contribution in [2.45, 2.75) is 70.6 Å². The van der Waals surface area contributed by atoms with E-state index in [4.69, 9.17) is 0 Å². The maximum atomic E-state index is 4.48. The van der Waals surface area contributed by atoms with Gasteiger partial charge >= 0.3 is 0 Å². The van der Waals surface area contributed by atoms with Crippen LogP contribution in [0.1, 0.15) is 69.8 Å². The van der Waals surface area contributed by atoms with Crippen molar-refractivity contribution < 1.29 is 0 Å². The molecule has 1 aromatic heterocycles. The highest BCUT2D eigenvalue weighted by molar-refractivity contribution is 5.46. The summed E-state index contributed by atoms with van der Waals surface area (Å²) in [6.07, 6.45) is 19.1. The number of pyridine rings is 1. The summed E-state index contributed by atoms with van der Waals surface area (Å²) in [5.74, 6) is 0.948. The third kappa shape index (κ3) is 5.77. The molecule has 0 radical (unpaired) electrons. The monoisotopic (exact) mass is 329 g/mol. The highest BCUT2D eigenvalue weighted by Gasteiger charge is 2.13. The number of anilines is 1. The van der Waals surface area contributed by atoms with E-state index in [9.17, 15) is 0 Å². The number of aryl methyl sites for hydroxylation is 1. The van der Waals surface area contributed by atoms with Crippen LogP contribution >= 0.6 is 0 Å². The molecule has 3 heteroatoms. The van der Waals surface area contributed by atoms with Crippen molar-refractivity contribution >= 4 is 5.69 Å². The molecule has 134 valence electrons. The predicted octanol–water partition coefficient (Wildman–Crippen LogP) is 4.56. The fourth-order valence-corrected chi connectivity index (χ4v) is 4.21. The largest absolute Gasteiger partial charge is 0.370 e. The molecule has 2 aliphatic rings. The number of unbranched alkanes of at least 4 members (excludes halogenated alkanes) is 1. The van der Waals surface area contributed by atoms with Crippen molar-refractivity contribution in [3.63, 3.8) is 0 Å². The van der Waals surface area contributed by atoms with Gasteiger partial charge in [0, 0.05) is 19.3 Å². The molecule has 0 spiro atoms. The molecule has 1 aliphatic heterocycles. The number of hydrogen-bond donors (Lipinski definition) is 1. The first kappa shape index (κ1) is 17.7. The maximum absolute atomic E-state index is 4.48. The van der Waals surface area contributed by atoms with Gasteiger partial charge in [-0.05, 0) is 82.0 Å². The van der Waals surface area contributed by atoms with Crippen molar-refractivity contribution in [3.8, 4) is 0 Å². The van der Waals surface area contributed by atoms with E-state index >= 15 is 0 Å². The molecular formula is C21H35N3. The summed E-state index contributed by atoms with van der Waals surface area (Å²) in [6.45, 7) is 4.83. The van der Waals surface area contributed by atoms with Gasteiger partial charge in [-0.15, -0.1) is 0 Å². The second-order valence-electron chi connectivity index (χ2n) is 7.76. The zero-order valence-electron chi connectivity index (χ0n) is 15.3. The predicted molar refractivity (Wildman–Crippen MR) is 103 cm³/mol. The summed E-state index contributed by atoms with van der Waals surface area (Å²) in [4.78, 5) is 6.98. The molecule has 2 fully saturated rings. The van der Waals surface area contributed by atoms with Crippen LogP contribution < -0.4 is 10.2 Å². The first-order chi connectivity index (χ1) is 11.9. The summed E-state index contributed by atoms with van der Waals surface area (Å²) in [7, 11) is 0. The molecule has 1 N–H and O–H groups in total. The van der Waals surface area contributed by atoms with Crippen molar-refractivity contribution in [1.82, 2.24) is 10.3 Å². The van der Waals surface area contributed by atoms with E-state index in [1.807, 2.05) is 6.20 Å². The molecule has 1 aliphatic carbocycles. The van der Waals surface area contributed by atoms with Crippen molar-refractivity contribution in [2.75, 3.05) is 31.1 Å². The van der Waals surface area contributed by atoms with Gasteiger partial charge in [-0.2, -0.15) is 0 Å². The minimum absolute atomic E-state index is 0.948. The van der Waals surface area contributed by atoms with Crippen LogP contribution in [0.4, 0.5) is 5.69 Å². The highest BCUT2D eigenvalue weighted by atomic mass is 15.1. The summed E-state index contributed by atoms with van der Waals surface area (Å²) in [5, 5.41) is 3.68. The molecule has 3 rings (SSSR count). The molecule has 0 atom stereocenters. The average Bonchev–Trinajstić information content (AvgIpc) is 2.66. The lowest BCUT2D eigenvalue weighted by atomic mass is 9.89. The van der Waals surface area contributed by atoms with E-state index in [1.54, 1.807) is 0 Å². The molecule has 0 bridgehead atoms. The average molecular weight is 330 g/mol.